The molecule has 0 heterocycles. The number of aromatic hydroxyl groups is 1. The van der Waals surface area contributed by atoms with Gasteiger partial charge in [-0.15, -0.1) is 0 Å². The van der Waals surface area contributed by atoms with E-state index < -0.39 is 5.97 Å². The van der Waals surface area contributed by atoms with Gasteiger partial charge in [-0.3, -0.25) is 4.79 Å². The third-order valence-electron chi connectivity index (χ3n) is 4.01. The zero-order valence-corrected chi connectivity index (χ0v) is 12.4. The molecule has 0 saturated heterocycles. The van der Waals surface area contributed by atoms with E-state index in [1.807, 2.05) is 38.1 Å². The lowest BCUT2D eigenvalue weighted by Gasteiger charge is -2.21. The average molecular weight is 277 g/mol. The van der Waals surface area contributed by atoms with Crippen molar-refractivity contribution in [3.05, 3.63) is 28.8 Å². The summed E-state index contributed by atoms with van der Waals surface area (Å²) in [5.74, 6) is -0.159. The van der Waals surface area contributed by atoms with Gasteiger partial charge in [0, 0.05) is 18.0 Å². The Hall–Kier alpha value is -1.55. The number of benzene rings is 1. The summed E-state index contributed by atoms with van der Waals surface area (Å²) in [6.07, 6.45) is 2.23. The van der Waals surface area contributed by atoms with Crippen LogP contribution in [0, 0.1) is 12.8 Å². The molecule has 1 unspecified atom stereocenters. The van der Waals surface area contributed by atoms with Crippen molar-refractivity contribution in [3.8, 4) is 5.75 Å². The molecule has 110 valence electrons. The van der Waals surface area contributed by atoms with E-state index in [-0.39, 0.29) is 18.1 Å². The van der Waals surface area contributed by atoms with E-state index >= 15 is 0 Å². The van der Waals surface area contributed by atoms with E-state index in [4.69, 9.17) is 5.11 Å². The molecule has 0 aromatic heterocycles. The molecule has 1 atom stereocenters. The van der Waals surface area contributed by atoms with Crippen LogP contribution >= 0.6 is 0 Å². The number of hydrogen-bond donors (Lipinski definition) is 2. The Balaban J connectivity index is 2.37. The highest BCUT2D eigenvalue weighted by molar-refractivity contribution is 5.68. The van der Waals surface area contributed by atoms with Gasteiger partial charge in [-0.2, -0.15) is 0 Å². The van der Waals surface area contributed by atoms with Crippen LogP contribution in [0.2, 0.25) is 0 Å². The Labute approximate surface area is 120 Å². The summed E-state index contributed by atoms with van der Waals surface area (Å²) in [6, 6.07) is 3.89. The summed E-state index contributed by atoms with van der Waals surface area (Å²) in [7, 11) is 3.92. The standard InChI is InChI=1S/C16H23NO3/c1-10-4-7-12(16(20)14(10)9-17(2)3)13(8-15(18)19)11-5-6-11/h4,7,11,13,20H,5-6,8-9H2,1-3H3,(H,18,19). The molecule has 0 aliphatic heterocycles. The Morgan fingerprint density at radius 3 is 2.55 bits per heavy atom. The first kappa shape index (κ1) is 14.9. The maximum atomic E-state index is 11.1. The molecule has 1 saturated carbocycles. The highest BCUT2D eigenvalue weighted by Gasteiger charge is 2.35. The normalized spacial score (nSPS) is 16.4. The lowest BCUT2D eigenvalue weighted by Crippen LogP contribution is -2.14. The minimum Gasteiger partial charge on any atom is -0.507 e. The molecule has 1 aliphatic carbocycles. The number of hydrogen-bond acceptors (Lipinski definition) is 3. The summed E-state index contributed by atoms with van der Waals surface area (Å²) in [6.45, 7) is 2.64. The maximum Gasteiger partial charge on any atom is 0.303 e. The van der Waals surface area contributed by atoms with Crippen molar-refractivity contribution in [1.82, 2.24) is 4.90 Å². The zero-order valence-electron chi connectivity index (χ0n) is 12.4. The van der Waals surface area contributed by atoms with Crippen LogP contribution in [0.1, 0.15) is 41.9 Å². The van der Waals surface area contributed by atoms with Gasteiger partial charge in [-0.25, -0.2) is 0 Å². The Bertz CT molecular complexity index is 507. The first-order chi connectivity index (χ1) is 9.40. The summed E-state index contributed by atoms with van der Waals surface area (Å²) in [4.78, 5) is 13.1. The van der Waals surface area contributed by atoms with E-state index in [0.717, 1.165) is 29.5 Å². The monoisotopic (exact) mass is 277 g/mol. The van der Waals surface area contributed by atoms with Gasteiger partial charge in [-0.1, -0.05) is 12.1 Å². The first-order valence-corrected chi connectivity index (χ1v) is 7.08. The van der Waals surface area contributed by atoms with Crippen LogP contribution < -0.4 is 0 Å². The number of nitrogens with zero attached hydrogens (tertiary/aromatic N) is 1. The average Bonchev–Trinajstić information content (AvgIpc) is 3.16. The third-order valence-corrected chi connectivity index (χ3v) is 4.01. The van der Waals surface area contributed by atoms with Crippen LogP contribution in [0.5, 0.6) is 5.75 Å². The number of aliphatic carboxylic acids is 1. The molecule has 1 aromatic carbocycles. The highest BCUT2D eigenvalue weighted by Crippen LogP contribution is 2.47. The van der Waals surface area contributed by atoms with E-state index in [9.17, 15) is 9.90 Å². The van der Waals surface area contributed by atoms with Crippen LogP contribution in [-0.4, -0.2) is 35.2 Å². The molecular formula is C16H23NO3. The molecule has 2 N–H and O–H groups in total. The largest absolute Gasteiger partial charge is 0.507 e. The van der Waals surface area contributed by atoms with Crippen molar-refractivity contribution in [2.24, 2.45) is 5.92 Å². The second kappa shape index (κ2) is 5.83. The van der Waals surface area contributed by atoms with Crippen molar-refractivity contribution in [2.75, 3.05) is 14.1 Å². The SMILES string of the molecule is Cc1ccc(C(CC(=O)O)C2CC2)c(O)c1CN(C)C. The molecule has 0 amide bonds. The van der Waals surface area contributed by atoms with Gasteiger partial charge in [-0.05, 0) is 50.9 Å². The summed E-state index contributed by atoms with van der Waals surface area (Å²) < 4.78 is 0. The Kier molecular flexibility index (Phi) is 4.33. The van der Waals surface area contributed by atoms with Gasteiger partial charge >= 0.3 is 5.97 Å². The van der Waals surface area contributed by atoms with E-state index in [1.165, 1.54) is 0 Å². The number of phenols is 1. The van der Waals surface area contributed by atoms with Gasteiger partial charge < -0.3 is 15.1 Å². The summed E-state index contributed by atoms with van der Waals surface area (Å²) >= 11 is 0. The van der Waals surface area contributed by atoms with E-state index in [2.05, 4.69) is 0 Å². The van der Waals surface area contributed by atoms with E-state index in [0.29, 0.717) is 12.5 Å². The molecule has 2 rings (SSSR count). The second-order valence-electron chi connectivity index (χ2n) is 6.08. The predicted octanol–water partition coefficient (Wildman–Crippen LogP) is 2.73. The number of carboxylic acids is 1. The molecule has 0 bridgehead atoms. The quantitative estimate of drug-likeness (QED) is 0.839. The van der Waals surface area contributed by atoms with Crippen LogP contribution in [0.25, 0.3) is 0 Å². The van der Waals surface area contributed by atoms with Crippen molar-refractivity contribution in [2.45, 2.75) is 38.6 Å². The Morgan fingerprint density at radius 2 is 2.05 bits per heavy atom. The smallest absolute Gasteiger partial charge is 0.303 e. The minimum absolute atomic E-state index is 0.0611. The number of carbonyl (C=O) groups is 1. The molecule has 0 radical (unpaired) electrons. The molecule has 4 heteroatoms. The summed E-state index contributed by atoms with van der Waals surface area (Å²) in [5, 5.41) is 19.7. The third kappa shape index (κ3) is 3.31. The van der Waals surface area contributed by atoms with Crippen LogP contribution in [0.15, 0.2) is 12.1 Å². The van der Waals surface area contributed by atoms with Gasteiger partial charge in [0.25, 0.3) is 0 Å². The van der Waals surface area contributed by atoms with Crippen LogP contribution in [0.3, 0.4) is 0 Å². The first-order valence-electron chi connectivity index (χ1n) is 7.08. The summed E-state index contributed by atoms with van der Waals surface area (Å²) in [5.41, 5.74) is 2.76. The van der Waals surface area contributed by atoms with Crippen molar-refractivity contribution >= 4 is 5.97 Å². The van der Waals surface area contributed by atoms with Crippen molar-refractivity contribution < 1.29 is 15.0 Å². The van der Waals surface area contributed by atoms with Gasteiger partial charge in [0.1, 0.15) is 5.75 Å². The fourth-order valence-electron chi connectivity index (χ4n) is 2.79. The van der Waals surface area contributed by atoms with Crippen molar-refractivity contribution in [1.29, 1.82) is 0 Å². The molecule has 4 nitrogen and oxygen atoms in total. The number of carboxylic acid groups (broad SMARTS) is 1. The fraction of sp³-hybridized carbons (Fsp3) is 0.562. The molecular weight excluding hydrogens is 254 g/mol. The molecule has 20 heavy (non-hydrogen) atoms. The molecule has 1 aliphatic rings. The van der Waals surface area contributed by atoms with Gasteiger partial charge in [0.15, 0.2) is 0 Å². The van der Waals surface area contributed by atoms with Crippen molar-refractivity contribution in [3.63, 3.8) is 0 Å². The zero-order chi connectivity index (χ0) is 14.9. The number of phenolic OH excluding ortho intramolecular Hbond substituents is 1. The molecule has 1 fully saturated rings. The van der Waals surface area contributed by atoms with E-state index in [1.54, 1.807) is 0 Å². The second-order valence-corrected chi connectivity index (χ2v) is 6.08. The molecule has 1 aromatic rings. The topological polar surface area (TPSA) is 60.8 Å². The lowest BCUT2D eigenvalue weighted by atomic mass is 9.87. The number of rotatable bonds is 6. The number of aryl methyl sites for hydroxylation is 1. The minimum atomic E-state index is -0.795. The van der Waals surface area contributed by atoms with Crippen LogP contribution in [0.4, 0.5) is 0 Å². The van der Waals surface area contributed by atoms with Crippen LogP contribution in [-0.2, 0) is 11.3 Å². The highest BCUT2D eigenvalue weighted by atomic mass is 16.4. The molecule has 0 spiro atoms. The predicted molar refractivity (Wildman–Crippen MR) is 78.0 cm³/mol. The fourth-order valence-corrected chi connectivity index (χ4v) is 2.79. The maximum absolute atomic E-state index is 11.1. The van der Waals surface area contributed by atoms with Gasteiger partial charge in [0.05, 0.1) is 6.42 Å². The lowest BCUT2D eigenvalue weighted by molar-refractivity contribution is -0.137. The van der Waals surface area contributed by atoms with Gasteiger partial charge in [0.2, 0.25) is 0 Å². The Morgan fingerprint density at radius 1 is 1.40 bits per heavy atom.